The number of alkyl halides is 2. The predicted octanol–water partition coefficient (Wildman–Crippen LogP) is 3.45. The molecule has 0 saturated carbocycles. The second-order valence-corrected chi connectivity index (χ2v) is 4.68. The summed E-state index contributed by atoms with van der Waals surface area (Å²) >= 11 is 11.4. The summed E-state index contributed by atoms with van der Waals surface area (Å²) in [6.07, 6.45) is 1.54. The topological polar surface area (TPSA) is 12.4 Å². The molecule has 0 unspecified atom stereocenters. The van der Waals surface area contributed by atoms with E-state index in [1.165, 1.54) is 0 Å². The summed E-state index contributed by atoms with van der Waals surface area (Å²) in [6.45, 7) is 2.31. The third-order valence-corrected chi connectivity index (χ3v) is 1.63. The molecule has 0 N–H and O–H groups in total. The maximum atomic E-state index is 5.72. The minimum atomic E-state index is -0.866. The van der Waals surface area contributed by atoms with Gasteiger partial charge in [-0.25, -0.2) is 0 Å². The van der Waals surface area contributed by atoms with Gasteiger partial charge in [0.05, 0.1) is 6.54 Å². The molecule has 13 heavy (non-hydrogen) atoms. The zero-order chi connectivity index (χ0) is 9.73. The van der Waals surface area contributed by atoms with Crippen LogP contribution in [0.5, 0.6) is 0 Å². The third-order valence-electron chi connectivity index (χ3n) is 1.43. The fourth-order valence-corrected chi connectivity index (χ4v) is 1.03. The van der Waals surface area contributed by atoms with Gasteiger partial charge in [0, 0.05) is 6.21 Å². The molecule has 0 radical (unpaired) electrons. The van der Waals surface area contributed by atoms with Crippen molar-refractivity contribution in [2.45, 2.75) is 17.8 Å². The number of hydrogen-bond donors (Lipinski definition) is 0. The number of hydrogen-bond acceptors (Lipinski definition) is 1. The number of nitrogens with zero attached hydrogens (tertiary/aromatic N) is 1. The van der Waals surface area contributed by atoms with Gasteiger partial charge in [0.15, 0.2) is 0 Å². The van der Waals surface area contributed by atoms with Gasteiger partial charge in [-0.05, 0) is 12.5 Å². The second kappa shape index (κ2) is 4.64. The lowest BCUT2D eigenvalue weighted by molar-refractivity contribution is 1.05. The van der Waals surface area contributed by atoms with Crippen LogP contribution in [0.15, 0.2) is 35.3 Å². The fourth-order valence-electron chi connectivity index (χ4n) is 0.895. The van der Waals surface area contributed by atoms with E-state index in [9.17, 15) is 0 Å². The first-order valence-electron chi connectivity index (χ1n) is 4.01. The van der Waals surface area contributed by atoms with E-state index in [-0.39, 0.29) is 0 Å². The Morgan fingerprint density at radius 1 is 1.31 bits per heavy atom. The van der Waals surface area contributed by atoms with Crippen molar-refractivity contribution in [1.29, 1.82) is 0 Å². The first kappa shape index (κ1) is 10.6. The van der Waals surface area contributed by atoms with Gasteiger partial charge in [0.1, 0.15) is 4.33 Å². The smallest absolute Gasteiger partial charge is 0.149 e. The highest BCUT2D eigenvalue weighted by Crippen LogP contribution is 2.16. The summed E-state index contributed by atoms with van der Waals surface area (Å²) in [4.78, 5) is 4.12. The van der Waals surface area contributed by atoms with E-state index in [2.05, 4.69) is 4.99 Å². The monoisotopic (exact) mass is 215 g/mol. The van der Waals surface area contributed by atoms with Gasteiger partial charge >= 0.3 is 0 Å². The molecule has 0 aliphatic heterocycles. The van der Waals surface area contributed by atoms with E-state index in [0.29, 0.717) is 6.54 Å². The molecule has 3 heteroatoms. The van der Waals surface area contributed by atoms with Crippen molar-refractivity contribution in [2.75, 3.05) is 0 Å². The van der Waals surface area contributed by atoms with Gasteiger partial charge in [-0.3, -0.25) is 4.99 Å². The van der Waals surface area contributed by atoms with Crippen LogP contribution in [-0.4, -0.2) is 10.5 Å². The van der Waals surface area contributed by atoms with Crippen LogP contribution in [0.3, 0.4) is 0 Å². The van der Waals surface area contributed by atoms with Crippen LogP contribution in [0.1, 0.15) is 12.5 Å². The third kappa shape index (κ3) is 4.91. The number of halogens is 2. The van der Waals surface area contributed by atoms with Crippen molar-refractivity contribution < 1.29 is 0 Å². The SMILES string of the molecule is CC(Cl)(Cl)C=NCc1ccccc1. The molecule has 1 aromatic rings. The highest BCUT2D eigenvalue weighted by Gasteiger charge is 2.10. The normalized spacial score (nSPS) is 12.2. The Kier molecular flexibility index (Phi) is 3.76. The van der Waals surface area contributed by atoms with Gasteiger partial charge in [0.25, 0.3) is 0 Å². The summed E-state index contributed by atoms with van der Waals surface area (Å²) in [5.41, 5.74) is 1.15. The molecule has 0 spiro atoms. The maximum absolute atomic E-state index is 5.72. The molecule has 1 nitrogen and oxygen atoms in total. The van der Waals surface area contributed by atoms with Gasteiger partial charge in [-0.2, -0.15) is 0 Å². The molecule has 0 aromatic heterocycles. The lowest BCUT2D eigenvalue weighted by atomic mass is 10.2. The van der Waals surface area contributed by atoms with E-state index in [0.717, 1.165) is 5.56 Å². The molecular formula is C10H11Cl2N. The average molecular weight is 216 g/mol. The van der Waals surface area contributed by atoms with Crippen LogP contribution in [0.2, 0.25) is 0 Å². The molecular weight excluding hydrogens is 205 g/mol. The van der Waals surface area contributed by atoms with Crippen molar-refractivity contribution in [3.8, 4) is 0 Å². The Labute approximate surface area is 88.4 Å². The van der Waals surface area contributed by atoms with E-state index in [1.807, 2.05) is 30.3 Å². The summed E-state index contributed by atoms with van der Waals surface area (Å²) < 4.78 is -0.866. The number of aliphatic imine (C=N–C) groups is 1. The molecule has 1 rings (SSSR count). The number of benzene rings is 1. The highest BCUT2D eigenvalue weighted by molar-refractivity contribution is 6.55. The van der Waals surface area contributed by atoms with Crippen molar-refractivity contribution >= 4 is 29.4 Å². The minimum Gasteiger partial charge on any atom is -0.290 e. The molecule has 0 fully saturated rings. The average Bonchev–Trinajstić information content (AvgIpc) is 2.04. The van der Waals surface area contributed by atoms with Crippen molar-refractivity contribution in [3.63, 3.8) is 0 Å². The van der Waals surface area contributed by atoms with Crippen LogP contribution in [0.25, 0.3) is 0 Å². The first-order chi connectivity index (χ1) is 6.08. The molecule has 0 aliphatic rings. The fraction of sp³-hybridized carbons (Fsp3) is 0.300. The van der Waals surface area contributed by atoms with E-state index in [4.69, 9.17) is 23.2 Å². The predicted molar refractivity (Wildman–Crippen MR) is 58.7 cm³/mol. The Bertz CT molecular complexity index is 275. The molecule has 0 amide bonds. The Hall–Kier alpha value is -0.530. The van der Waals surface area contributed by atoms with E-state index in [1.54, 1.807) is 13.1 Å². The van der Waals surface area contributed by atoms with Gasteiger partial charge < -0.3 is 0 Å². The van der Waals surface area contributed by atoms with Crippen LogP contribution >= 0.6 is 23.2 Å². The van der Waals surface area contributed by atoms with Gasteiger partial charge in [-0.15, -0.1) is 0 Å². The maximum Gasteiger partial charge on any atom is 0.149 e. The highest BCUT2D eigenvalue weighted by atomic mass is 35.5. The quantitative estimate of drug-likeness (QED) is 0.542. The van der Waals surface area contributed by atoms with Crippen LogP contribution in [0, 0.1) is 0 Å². The van der Waals surface area contributed by atoms with Crippen molar-refractivity contribution in [2.24, 2.45) is 4.99 Å². The second-order valence-electron chi connectivity index (χ2n) is 2.91. The molecule has 0 heterocycles. The molecule has 0 saturated heterocycles. The molecule has 1 aromatic carbocycles. The molecule has 0 atom stereocenters. The zero-order valence-corrected chi connectivity index (χ0v) is 8.89. The molecule has 70 valence electrons. The molecule has 0 bridgehead atoms. The summed E-state index contributed by atoms with van der Waals surface area (Å²) in [5, 5.41) is 0. The van der Waals surface area contributed by atoms with Crippen molar-refractivity contribution in [1.82, 2.24) is 0 Å². The summed E-state index contributed by atoms with van der Waals surface area (Å²) in [6, 6.07) is 9.95. The molecule has 0 aliphatic carbocycles. The first-order valence-corrected chi connectivity index (χ1v) is 4.76. The summed E-state index contributed by atoms with van der Waals surface area (Å²) in [7, 11) is 0. The zero-order valence-electron chi connectivity index (χ0n) is 7.37. The van der Waals surface area contributed by atoms with E-state index >= 15 is 0 Å². The summed E-state index contributed by atoms with van der Waals surface area (Å²) in [5.74, 6) is 0. The standard InChI is InChI=1S/C10H11Cl2N/c1-10(11,12)8-13-7-9-5-3-2-4-6-9/h2-6,8H,7H2,1H3. The number of rotatable bonds is 3. The van der Waals surface area contributed by atoms with Crippen molar-refractivity contribution in [3.05, 3.63) is 35.9 Å². The Balaban J connectivity index is 2.49. The van der Waals surface area contributed by atoms with Gasteiger partial charge in [0.2, 0.25) is 0 Å². The van der Waals surface area contributed by atoms with Gasteiger partial charge in [-0.1, -0.05) is 53.5 Å². The lowest BCUT2D eigenvalue weighted by Gasteiger charge is -2.03. The van der Waals surface area contributed by atoms with E-state index < -0.39 is 4.33 Å². The minimum absolute atomic E-state index is 0.621. The Morgan fingerprint density at radius 2 is 1.92 bits per heavy atom. The van der Waals surface area contributed by atoms with Crippen LogP contribution in [0.4, 0.5) is 0 Å². The lowest BCUT2D eigenvalue weighted by Crippen LogP contribution is -2.07. The Morgan fingerprint density at radius 3 is 2.46 bits per heavy atom. The van der Waals surface area contributed by atoms with Crippen LogP contribution in [-0.2, 0) is 6.54 Å². The largest absolute Gasteiger partial charge is 0.290 e. The van der Waals surface area contributed by atoms with Crippen LogP contribution < -0.4 is 0 Å².